The first-order chi connectivity index (χ1) is 10.1. The molecule has 0 atom stereocenters. The first-order valence-corrected chi connectivity index (χ1v) is 7.50. The molecule has 2 rings (SSSR count). The molecule has 2 aromatic heterocycles. The fourth-order valence-electron chi connectivity index (χ4n) is 1.91. The third-order valence-corrected chi connectivity index (χ3v) is 3.88. The van der Waals surface area contributed by atoms with Crippen molar-refractivity contribution in [3.05, 3.63) is 55.8 Å². The third-order valence-electron chi connectivity index (χ3n) is 3.12. The lowest BCUT2D eigenvalue weighted by Gasteiger charge is -2.09. The van der Waals surface area contributed by atoms with Crippen LogP contribution in [0.5, 0.6) is 0 Å². The number of pyridine rings is 1. The van der Waals surface area contributed by atoms with Crippen molar-refractivity contribution < 1.29 is 0 Å². The Labute approximate surface area is 130 Å². The Balaban J connectivity index is 1.81. The summed E-state index contributed by atoms with van der Waals surface area (Å²) in [5.41, 5.74) is 0.537. The Bertz CT molecular complexity index is 723. The largest absolute Gasteiger partial charge is 0.383 e. The van der Waals surface area contributed by atoms with Gasteiger partial charge in [0, 0.05) is 32.4 Å². The molecule has 0 saturated heterocycles. The van der Waals surface area contributed by atoms with Crippen LogP contribution in [0.15, 0.2) is 44.7 Å². The highest BCUT2D eigenvalue weighted by Crippen LogP contribution is 2.15. The van der Waals surface area contributed by atoms with Gasteiger partial charge >= 0.3 is 0 Å². The molecular weight excluding hydrogens is 336 g/mol. The lowest BCUT2D eigenvalue weighted by Crippen LogP contribution is -2.21. The number of anilines is 1. The van der Waals surface area contributed by atoms with Crippen molar-refractivity contribution in [2.45, 2.75) is 19.4 Å². The highest BCUT2D eigenvalue weighted by molar-refractivity contribution is 9.10. The minimum atomic E-state index is -0.171. The molecule has 2 aromatic rings. The molecule has 0 spiro atoms. The Kier molecular flexibility index (Phi) is 5.32. The van der Waals surface area contributed by atoms with Crippen molar-refractivity contribution in [3.8, 4) is 0 Å². The van der Waals surface area contributed by atoms with E-state index >= 15 is 0 Å². The molecule has 21 heavy (non-hydrogen) atoms. The van der Waals surface area contributed by atoms with Crippen LogP contribution in [0, 0.1) is 0 Å². The number of aromatic nitrogens is 3. The molecule has 0 aliphatic heterocycles. The standard InChI is InChI=1S/C14H17BrN4O2/c1-18-14(21)13(15)11(10-17-18)16-7-3-5-9-19-8-4-2-6-12(19)20/h2,4,6,8,10,16H,3,5,7,9H2,1H3. The Morgan fingerprint density at radius 1 is 1.29 bits per heavy atom. The summed E-state index contributed by atoms with van der Waals surface area (Å²) in [6.07, 6.45) is 5.18. The van der Waals surface area contributed by atoms with Crippen LogP contribution >= 0.6 is 15.9 Å². The van der Waals surface area contributed by atoms with E-state index in [0.29, 0.717) is 16.7 Å². The first kappa shape index (κ1) is 15.5. The molecule has 0 fully saturated rings. The van der Waals surface area contributed by atoms with Gasteiger partial charge in [-0.1, -0.05) is 6.07 Å². The van der Waals surface area contributed by atoms with Gasteiger partial charge < -0.3 is 9.88 Å². The molecule has 2 heterocycles. The van der Waals surface area contributed by atoms with Crippen molar-refractivity contribution in [1.82, 2.24) is 14.3 Å². The SMILES string of the molecule is Cn1ncc(NCCCCn2ccccc2=O)c(Br)c1=O. The van der Waals surface area contributed by atoms with Gasteiger partial charge in [-0.15, -0.1) is 0 Å². The normalized spacial score (nSPS) is 10.6. The van der Waals surface area contributed by atoms with E-state index in [1.807, 2.05) is 6.07 Å². The summed E-state index contributed by atoms with van der Waals surface area (Å²) in [4.78, 5) is 23.2. The zero-order valence-corrected chi connectivity index (χ0v) is 13.3. The van der Waals surface area contributed by atoms with Gasteiger partial charge in [-0.05, 0) is 34.8 Å². The van der Waals surface area contributed by atoms with Crippen molar-refractivity contribution in [2.24, 2.45) is 7.05 Å². The van der Waals surface area contributed by atoms with Crippen LogP contribution in [0.4, 0.5) is 5.69 Å². The van der Waals surface area contributed by atoms with Gasteiger partial charge in [-0.2, -0.15) is 5.10 Å². The van der Waals surface area contributed by atoms with Crippen molar-refractivity contribution >= 4 is 21.6 Å². The predicted octanol–water partition coefficient (Wildman–Crippen LogP) is 1.60. The molecule has 6 nitrogen and oxygen atoms in total. The second kappa shape index (κ2) is 7.21. The topological polar surface area (TPSA) is 68.9 Å². The number of hydrogen-bond acceptors (Lipinski definition) is 4. The third kappa shape index (κ3) is 4.04. The summed E-state index contributed by atoms with van der Waals surface area (Å²) >= 11 is 3.27. The summed E-state index contributed by atoms with van der Waals surface area (Å²) in [5, 5.41) is 7.14. The van der Waals surface area contributed by atoms with E-state index in [0.717, 1.165) is 19.4 Å². The van der Waals surface area contributed by atoms with E-state index in [-0.39, 0.29) is 11.1 Å². The molecule has 0 saturated carbocycles. The number of nitrogens with one attached hydrogen (secondary N) is 1. The first-order valence-electron chi connectivity index (χ1n) is 6.71. The average Bonchev–Trinajstić information content (AvgIpc) is 2.48. The summed E-state index contributed by atoms with van der Waals surface area (Å²) in [7, 11) is 1.61. The molecule has 7 heteroatoms. The van der Waals surface area contributed by atoms with Gasteiger partial charge in [0.15, 0.2) is 0 Å². The van der Waals surface area contributed by atoms with Crippen LogP contribution in [0.1, 0.15) is 12.8 Å². The maximum atomic E-state index is 11.7. The number of rotatable bonds is 6. The summed E-state index contributed by atoms with van der Waals surface area (Å²) in [6.45, 7) is 1.41. The van der Waals surface area contributed by atoms with Crippen LogP contribution in [0.25, 0.3) is 0 Å². The van der Waals surface area contributed by atoms with E-state index in [9.17, 15) is 9.59 Å². The molecule has 112 valence electrons. The smallest absolute Gasteiger partial charge is 0.282 e. The maximum absolute atomic E-state index is 11.7. The minimum Gasteiger partial charge on any atom is -0.383 e. The quantitative estimate of drug-likeness (QED) is 0.801. The fraction of sp³-hybridized carbons (Fsp3) is 0.357. The number of aryl methyl sites for hydroxylation is 2. The molecule has 1 N–H and O–H groups in total. The summed E-state index contributed by atoms with van der Waals surface area (Å²) in [6, 6.07) is 5.14. The summed E-state index contributed by atoms with van der Waals surface area (Å²) in [5.74, 6) is 0. The number of unbranched alkanes of at least 4 members (excludes halogenated alkanes) is 1. The van der Waals surface area contributed by atoms with Crippen LogP contribution in [-0.4, -0.2) is 20.9 Å². The van der Waals surface area contributed by atoms with Gasteiger partial charge in [0.2, 0.25) is 5.56 Å². The van der Waals surface area contributed by atoms with Gasteiger partial charge in [0.1, 0.15) is 4.47 Å². The minimum absolute atomic E-state index is 0.0176. The zero-order valence-electron chi connectivity index (χ0n) is 11.8. The van der Waals surface area contributed by atoms with E-state index in [1.54, 1.807) is 36.1 Å². The van der Waals surface area contributed by atoms with Crippen molar-refractivity contribution in [2.75, 3.05) is 11.9 Å². The second-order valence-corrected chi connectivity index (χ2v) is 5.46. The Hall–Kier alpha value is -1.89. The second-order valence-electron chi connectivity index (χ2n) is 4.67. The van der Waals surface area contributed by atoms with E-state index in [1.165, 1.54) is 4.68 Å². The molecule has 0 bridgehead atoms. The van der Waals surface area contributed by atoms with Crippen molar-refractivity contribution in [3.63, 3.8) is 0 Å². The number of halogens is 1. The van der Waals surface area contributed by atoms with Gasteiger partial charge in [-0.3, -0.25) is 9.59 Å². The Morgan fingerprint density at radius 3 is 2.86 bits per heavy atom. The van der Waals surface area contributed by atoms with Crippen LogP contribution in [0.2, 0.25) is 0 Å². The maximum Gasteiger partial charge on any atom is 0.282 e. The van der Waals surface area contributed by atoms with Crippen molar-refractivity contribution in [1.29, 1.82) is 0 Å². The highest BCUT2D eigenvalue weighted by Gasteiger charge is 2.05. The lowest BCUT2D eigenvalue weighted by atomic mass is 10.3. The van der Waals surface area contributed by atoms with E-state index in [4.69, 9.17) is 0 Å². The zero-order chi connectivity index (χ0) is 15.2. The van der Waals surface area contributed by atoms with Gasteiger partial charge in [-0.25, -0.2) is 4.68 Å². The van der Waals surface area contributed by atoms with Crippen LogP contribution < -0.4 is 16.4 Å². The van der Waals surface area contributed by atoms with Gasteiger partial charge in [0.25, 0.3) is 5.56 Å². The number of hydrogen-bond donors (Lipinski definition) is 1. The van der Waals surface area contributed by atoms with Gasteiger partial charge in [0.05, 0.1) is 11.9 Å². The predicted molar refractivity (Wildman–Crippen MR) is 85.6 cm³/mol. The Morgan fingerprint density at radius 2 is 2.10 bits per heavy atom. The highest BCUT2D eigenvalue weighted by atomic mass is 79.9. The molecule has 0 aliphatic carbocycles. The molecular formula is C14H17BrN4O2. The van der Waals surface area contributed by atoms with E-state index < -0.39 is 0 Å². The van der Waals surface area contributed by atoms with Crippen LogP contribution in [0.3, 0.4) is 0 Å². The average molecular weight is 353 g/mol. The van der Waals surface area contributed by atoms with E-state index in [2.05, 4.69) is 26.3 Å². The summed E-state index contributed by atoms with van der Waals surface area (Å²) < 4.78 is 3.45. The molecule has 0 amide bonds. The number of nitrogens with zero attached hydrogens (tertiary/aromatic N) is 3. The van der Waals surface area contributed by atoms with Crippen LogP contribution in [-0.2, 0) is 13.6 Å². The molecule has 0 unspecified atom stereocenters. The lowest BCUT2D eigenvalue weighted by molar-refractivity contribution is 0.604. The molecule has 0 aromatic carbocycles. The fourth-order valence-corrected chi connectivity index (χ4v) is 2.41. The molecule has 0 radical (unpaired) electrons. The monoisotopic (exact) mass is 352 g/mol. The molecule has 0 aliphatic rings.